The van der Waals surface area contributed by atoms with Crippen molar-refractivity contribution in [1.29, 1.82) is 0 Å². The van der Waals surface area contributed by atoms with E-state index in [0.29, 0.717) is 17.9 Å². The van der Waals surface area contributed by atoms with E-state index in [9.17, 15) is 27.5 Å². The zero-order chi connectivity index (χ0) is 26.2. The lowest BCUT2D eigenvalue weighted by Crippen LogP contribution is -2.53. The van der Waals surface area contributed by atoms with Crippen molar-refractivity contribution in [2.75, 3.05) is 19.0 Å². The van der Waals surface area contributed by atoms with Gasteiger partial charge in [0.25, 0.3) is 0 Å². The van der Waals surface area contributed by atoms with Crippen molar-refractivity contribution in [2.45, 2.75) is 63.6 Å². The smallest absolute Gasteiger partial charge is 0.407 e. The second-order valence-electron chi connectivity index (χ2n) is 8.91. The number of ether oxygens (including phenoxy) is 1. The van der Waals surface area contributed by atoms with Crippen molar-refractivity contribution in [1.82, 2.24) is 10.6 Å². The van der Waals surface area contributed by atoms with Crippen molar-refractivity contribution >= 4 is 11.6 Å². The van der Waals surface area contributed by atoms with Crippen LogP contribution in [0, 0.1) is 0 Å². The van der Waals surface area contributed by atoms with E-state index in [-0.39, 0.29) is 17.9 Å². The van der Waals surface area contributed by atoms with Crippen LogP contribution in [0.25, 0.3) is 0 Å². The van der Waals surface area contributed by atoms with E-state index < -0.39 is 42.3 Å². The van der Waals surface area contributed by atoms with Gasteiger partial charge < -0.3 is 20.5 Å². The number of nitrogens with one attached hydrogen (secondary N) is 3. The van der Waals surface area contributed by atoms with Gasteiger partial charge in [-0.2, -0.15) is 13.2 Å². The van der Waals surface area contributed by atoms with E-state index >= 15 is 0 Å². The number of rotatable bonds is 12. The van der Waals surface area contributed by atoms with Crippen LogP contribution in [-0.4, -0.2) is 48.6 Å². The minimum absolute atomic E-state index is 0.0214. The van der Waals surface area contributed by atoms with Gasteiger partial charge in [-0.05, 0) is 38.0 Å². The minimum atomic E-state index is -4.69. The van der Waals surface area contributed by atoms with Crippen molar-refractivity contribution in [3.8, 4) is 11.5 Å². The lowest BCUT2D eigenvalue weighted by molar-refractivity contribution is -0.161. The first-order valence-corrected chi connectivity index (χ1v) is 11.3. The van der Waals surface area contributed by atoms with Crippen molar-refractivity contribution in [3.05, 3.63) is 54.1 Å². The highest BCUT2D eigenvalue weighted by Gasteiger charge is 2.43. The van der Waals surface area contributed by atoms with Crippen LogP contribution in [-0.2, 0) is 4.79 Å². The van der Waals surface area contributed by atoms with Gasteiger partial charge in [0.15, 0.2) is 0 Å². The average molecular weight is 500 g/mol. The first-order chi connectivity index (χ1) is 16.3. The number of carbonyl (C=O) groups is 1. The molecule has 0 spiro atoms. The number of halogens is 4. The molecule has 6 nitrogen and oxygen atoms in total. The maximum Gasteiger partial charge on any atom is 0.407 e. The summed E-state index contributed by atoms with van der Waals surface area (Å²) >= 11 is 0. The Morgan fingerprint density at radius 3 is 2.29 bits per heavy atom. The Labute approximate surface area is 203 Å². The Morgan fingerprint density at radius 2 is 1.74 bits per heavy atom. The van der Waals surface area contributed by atoms with Gasteiger partial charge in [-0.25, -0.2) is 4.39 Å². The number of alkyl halides is 4. The lowest BCUT2D eigenvalue weighted by atomic mass is 9.97. The fraction of sp³-hybridized carbons (Fsp3) is 0.480. The van der Waals surface area contributed by atoms with Gasteiger partial charge in [0, 0.05) is 25.1 Å². The molecule has 0 aliphatic rings. The van der Waals surface area contributed by atoms with Crippen LogP contribution in [0.2, 0.25) is 0 Å². The number of phenols is 1. The summed E-state index contributed by atoms with van der Waals surface area (Å²) in [5.41, 5.74) is -1.39. The molecule has 2 aromatic rings. The summed E-state index contributed by atoms with van der Waals surface area (Å²) in [6.45, 7) is 4.48. The molecule has 1 amide bonds. The number of methoxy groups -OCH3 is 1. The van der Waals surface area contributed by atoms with Crippen LogP contribution in [0.5, 0.6) is 11.5 Å². The Morgan fingerprint density at radius 1 is 1.09 bits per heavy atom. The third kappa shape index (κ3) is 8.93. The Balaban J connectivity index is 2.18. The second kappa shape index (κ2) is 12.1. The molecular weight excluding hydrogens is 466 g/mol. The minimum Gasteiger partial charge on any atom is -0.508 e. The molecular formula is C25H33F4N3O3. The standard InChI is InChI=1S/C25H33F4N3O3/c1-5-17(15-30-19-12-11-18(33)13-21(19)35-4)31-23(34)20(14-24(2,3)26)32-22(25(27,28)29)16-9-7-6-8-10-16/h6-13,17,20,22,30,32-33H,5,14-15H2,1-4H3,(H,31,34)/t17-,20?,22-/m0/s1. The highest BCUT2D eigenvalue weighted by molar-refractivity contribution is 5.82. The van der Waals surface area contributed by atoms with E-state index in [1.807, 2.05) is 6.92 Å². The molecule has 0 radical (unpaired) electrons. The first kappa shape index (κ1) is 28.2. The van der Waals surface area contributed by atoms with Gasteiger partial charge >= 0.3 is 6.18 Å². The van der Waals surface area contributed by atoms with Crippen LogP contribution in [0.3, 0.4) is 0 Å². The molecule has 1 unspecified atom stereocenters. The molecule has 0 aliphatic carbocycles. The molecule has 0 aliphatic heterocycles. The van der Waals surface area contributed by atoms with E-state index in [2.05, 4.69) is 16.0 Å². The van der Waals surface area contributed by atoms with Crippen LogP contribution in [0.1, 0.15) is 45.2 Å². The molecule has 0 bridgehead atoms. The molecule has 0 fully saturated rings. The number of benzene rings is 2. The van der Waals surface area contributed by atoms with E-state index in [4.69, 9.17) is 4.74 Å². The summed E-state index contributed by atoms with van der Waals surface area (Å²) in [6, 6.07) is 7.62. The first-order valence-electron chi connectivity index (χ1n) is 11.3. The van der Waals surface area contributed by atoms with Gasteiger partial charge in [0.05, 0.1) is 18.8 Å². The van der Waals surface area contributed by atoms with Crippen molar-refractivity contribution in [3.63, 3.8) is 0 Å². The summed E-state index contributed by atoms with van der Waals surface area (Å²) in [5.74, 6) is -0.318. The van der Waals surface area contributed by atoms with Crippen molar-refractivity contribution in [2.24, 2.45) is 0 Å². The van der Waals surface area contributed by atoms with Crippen LogP contribution < -0.4 is 20.7 Å². The third-order valence-corrected chi connectivity index (χ3v) is 5.40. The summed E-state index contributed by atoms with van der Waals surface area (Å²) in [5, 5.41) is 17.8. The second-order valence-corrected chi connectivity index (χ2v) is 8.91. The summed E-state index contributed by atoms with van der Waals surface area (Å²) < 4.78 is 61.3. The Kier molecular flexibility index (Phi) is 9.76. The van der Waals surface area contributed by atoms with Gasteiger partial charge in [0.2, 0.25) is 5.91 Å². The third-order valence-electron chi connectivity index (χ3n) is 5.40. The zero-order valence-electron chi connectivity index (χ0n) is 20.2. The van der Waals surface area contributed by atoms with Gasteiger partial charge in [-0.3, -0.25) is 10.1 Å². The highest BCUT2D eigenvalue weighted by atomic mass is 19.4. The molecule has 35 heavy (non-hydrogen) atoms. The molecule has 3 atom stereocenters. The number of hydrogen-bond donors (Lipinski definition) is 4. The number of anilines is 1. The SMILES string of the molecule is CC[C@@H](CNc1ccc(O)cc1OC)NC(=O)C(CC(C)(C)F)N[C@@H](c1ccccc1)C(F)(F)F. The summed E-state index contributed by atoms with van der Waals surface area (Å²) in [6.07, 6.45) is -4.68. The van der Waals surface area contributed by atoms with Crippen molar-refractivity contribution < 1.29 is 32.2 Å². The van der Waals surface area contributed by atoms with Gasteiger partial charge in [-0.15, -0.1) is 0 Å². The molecule has 0 saturated heterocycles. The zero-order valence-corrected chi connectivity index (χ0v) is 20.2. The monoisotopic (exact) mass is 499 g/mol. The van der Waals surface area contributed by atoms with E-state index in [0.717, 1.165) is 0 Å². The fourth-order valence-corrected chi connectivity index (χ4v) is 3.60. The Bertz CT molecular complexity index is 949. The highest BCUT2D eigenvalue weighted by Crippen LogP contribution is 2.34. The largest absolute Gasteiger partial charge is 0.508 e. The number of hydrogen-bond acceptors (Lipinski definition) is 5. The predicted molar refractivity (Wildman–Crippen MR) is 127 cm³/mol. The van der Waals surface area contributed by atoms with E-state index in [1.54, 1.807) is 12.1 Å². The number of phenolic OH excluding ortho intramolecular Hbond substituents is 1. The topological polar surface area (TPSA) is 82.6 Å². The fourth-order valence-electron chi connectivity index (χ4n) is 3.60. The number of aromatic hydroxyl groups is 1. The maximum atomic E-state index is 14.5. The Hall–Kier alpha value is -3.01. The van der Waals surface area contributed by atoms with Crippen LogP contribution in [0.15, 0.2) is 48.5 Å². The maximum absolute atomic E-state index is 14.5. The summed E-state index contributed by atoms with van der Waals surface area (Å²) in [7, 11) is 1.44. The molecule has 2 aromatic carbocycles. The molecule has 194 valence electrons. The van der Waals surface area contributed by atoms with Crippen LogP contribution >= 0.6 is 0 Å². The quantitative estimate of drug-likeness (QED) is 0.241. The molecule has 4 N–H and O–H groups in total. The van der Waals surface area contributed by atoms with Crippen LogP contribution in [0.4, 0.5) is 23.2 Å². The van der Waals surface area contributed by atoms with E-state index in [1.165, 1.54) is 57.4 Å². The molecule has 10 heteroatoms. The summed E-state index contributed by atoms with van der Waals surface area (Å²) in [4.78, 5) is 13.1. The number of amides is 1. The number of carbonyl (C=O) groups excluding carboxylic acids is 1. The normalized spacial score (nSPS) is 14.6. The predicted octanol–water partition coefficient (Wildman–Crippen LogP) is 5.11. The molecule has 0 heterocycles. The van der Waals surface area contributed by atoms with Gasteiger partial charge in [-0.1, -0.05) is 37.3 Å². The molecule has 0 aromatic heterocycles. The van der Waals surface area contributed by atoms with Gasteiger partial charge in [0.1, 0.15) is 23.2 Å². The molecule has 2 rings (SSSR count). The lowest BCUT2D eigenvalue weighted by Gasteiger charge is -2.31. The molecule has 0 saturated carbocycles. The average Bonchev–Trinajstić information content (AvgIpc) is 2.78.